The number of rotatable bonds is 18. The molecule has 1 atom stereocenters. The molecule has 0 radical (unpaired) electrons. The highest BCUT2D eigenvalue weighted by Crippen LogP contribution is 2.31. The van der Waals surface area contributed by atoms with Crippen LogP contribution in [0.5, 0.6) is 11.5 Å². The molecule has 0 saturated heterocycles. The van der Waals surface area contributed by atoms with Gasteiger partial charge in [0.15, 0.2) is 0 Å². The molecule has 2 rings (SSSR count). The van der Waals surface area contributed by atoms with Gasteiger partial charge < -0.3 is 9.47 Å². The molecule has 0 unspecified atom stereocenters. The molecule has 3 nitrogen and oxygen atoms in total. The normalized spacial score (nSPS) is 11.9. The van der Waals surface area contributed by atoms with Crippen molar-refractivity contribution in [3.63, 3.8) is 0 Å². The first-order chi connectivity index (χ1) is 17.0. The van der Waals surface area contributed by atoms with Gasteiger partial charge in [-0.05, 0) is 60.6 Å². The minimum absolute atomic E-state index is 0.154. The Balaban J connectivity index is 1.70. The van der Waals surface area contributed by atoms with Gasteiger partial charge in [-0.2, -0.15) is 0 Å². The van der Waals surface area contributed by atoms with Gasteiger partial charge in [0.2, 0.25) is 0 Å². The van der Waals surface area contributed by atoms with Gasteiger partial charge in [-0.15, -0.1) is 0 Å². The Hall–Kier alpha value is -2.00. The van der Waals surface area contributed by atoms with Crippen molar-refractivity contribution >= 4 is 17.6 Å². The number of halogens is 1. The van der Waals surface area contributed by atoms with E-state index in [2.05, 4.69) is 20.8 Å². The molecule has 194 valence electrons. The zero-order chi connectivity index (χ0) is 25.3. The lowest BCUT2D eigenvalue weighted by atomic mass is 10.0. The van der Waals surface area contributed by atoms with Crippen molar-refractivity contribution in [2.24, 2.45) is 5.92 Å². The quantitative estimate of drug-likeness (QED) is 0.116. The summed E-state index contributed by atoms with van der Waals surface area (Å²) in [5.41, 5.74) is 2.03. The largest absolute Gasteiger partial charge is 0.492 e. The highest BCUT2D eigenvalue weighted by molar-refractivity contribution is 6.32. The second kappa shape index (κ2) is 17.4. The second-order valence-corrected chi connectivity index (χ2v) is 10.1. The van der Waals surface area contributed by atoms with Crippen molar-refractivity contribution in [3.05, 3.63) is 47.5 Å². The van der Waals surface area contributed by atoms with E-state index in [9.17, 15) is 4.79 Å². The second-order valence-electron chi connectivity index (χ2n) is 9.73. The fourth-order valence-electron chi connectivity index (χ4n) is 4.09. The van der Waals surface area contributed by atoms with Gasteiger partial charge in [-0.1, -0.05) is 108 Å². The maximum atomic E-state index is 12.2. The van der Waals surface area contributed by atoms with Crippen LogP contribution in [0.25, 0.3) is 11.1 Å². The van der Waals surface area contributed by atoms with Crippen molar-refractivity contribution in [3.8, 4) is 22.6 Å². The van der Waals surface area contributed by atoms with E-state index in [1.807, 2.05) is 42.5 Å². The number of carbonyl (C=O) groups is 1. The van der Waals surface area contributed by atoms with Gasteiger partial charge >= 0.3 is 5.97 Å². The minimum Gasteiger partial charge on any atom is -0.492 e. The van der Waals surface area contributed by atoms with Crippen LogP contribution in [0.1, 0.15) is 104 Å². The number of hydrogen-bond donors (Lipinski definition) is 0. The number of hydrogen-bond acceptors (Lipinski definition) is 3. The topological polar surface area (TPSA) is 35.5 Å². The standard InChI is InChI=1S/C31H45ClO3/c1-4-6-7-8-9-10-11-12-13-16-31(33)35-28-20-17-26(18-21-28)27-19-22-30(29(32)24-27)34-23-14-15-25(3)5-2/h17-22,24-25H,4-16,23H2,1-3H3/t25-/m0/s1. The van der Waals surface area contributed by atoms with E-state index in [1.54, 1.807) is 0 Å². The van der Waals surface area contributed by atoms with Gasteiger partial charge in [0.25, 0.3) is 0 Å². The minimum atomic E-state index is -0.154. The Morgan fingerprint density at radius 3 is 2.09 bits per heavy atom. The van der Waals surface area contributed by atoms with Gasteiger partial charge in [0.1, 0.15) is 11.5 Å². The van der Waals surface area contributed by atoms with Crippen LogP contribution in [0.2, 0.25) is 5.02 Å². The monoisotopic (exact) mass is 500 g/mol. The summed E-state index contributed by atoms with van der Waals surface area (Å²) in [4.78, 5) is 12.2. The first-order valence-electron chi connectivity index (χ1n) is 13.8. The van der Waals surface area contributed by atoms with Crippen LogP contribution >= 0.6 is 11.6 Å². The average Bonchev–Trinajstić information content (AvgIpc) is 2.86. The lowest BCUT2D eigenvalue weighted by molar-refractivity contribution is -0.134. The van der Waals surface area contributed by atoms with Crippen LogP contribution in [-0.2, 0) is 4.79 Å². The predicted octanol–water partition coefficient (Wildman–Crippen LogP) is 10.0. The summed E-state index contributed by atoms with van der Waals surface area (Å²) in [6.45, 7) is 7.42. The Labute approximate surface area is 218 Å². The van der Waals surface area contributed by atoms with E-state index in [1.165, 1.54) is 57.8 Å². The van der Waals surface area contributed by atoms with Crippen molar-refractivity contribution in [1.82, 2.24) is 0 Å². The summed E-state index contributed by atoms with van der Waals surface area (Å²) in [5, 5.41) is 0.613. The van der Waals surface area contributed by atoms with Gasteiger partial charge in [-0.25, -0.2) is 0 Å². The highest BCUT2D eigenvalue weighted by Gasteiger charge is 2.08. The van der Waals surface area contributed by atoms with Crippen molar-refractivity contribution in [2.75, 3.05) is 6.61 Å². The van der Waals surface area contributed by atoms with Crippen molar-refractivity contribution in [2.45, 2.75) is 104 Å². The fraction of sp³-hybridized carbons (Fsp3) is 0.581. The van der Waals surface area contributed by atoms with Gasteiger partial charge in [-0.3, -0.25) is 4.79 Å². The number of benzene rings is 2. The molecule has 4 heteroatoms. The predicted molar refractivity (Wildman–Crippen MR) is 149 cm³/mol. The van der Waals surface area contributed by atoms with E-state index >= 15 is 0 Å². The Bertz CT molecular complexity index is 847. The third-order valence-corrected chi connectivity index (χ3v) is 6.93. The summed E-state index contributed by atoms with van der Waals surface area (Å²) >= 11 is 6.46. The maximum Gasteiger partial charge on any atom is 0.311 e. The Morgan fingerprint density at radius 2 is 1.46 bits per heavy atom. The van der Waals surface area contributed by atoms with Gasteiger partial charge in [0.05, 0.1) is 11.6 Å². The summed E-state index contributed by atoms with van der Waals surface area (Å²) in [6.07, 6.45) is 15.0. The zero-order valence-electron chi connectivity index (χ0n) is 22.1. The molecule has 0 amide bonds. The third-order valence-electron chi connectivity index (χ3n) is 6.63. The number of esters is 1. The molecule has 0 spiro atoms. The highest BCUT2D eigenvalue weighted by atomic mass is 35.5. The Kier molecular flexibility index (Phi) is 14.6. The van der Waals surface area contributed by atoms with Crippen LogP contribution in [0, 0.1) is 5.92 Å². The molecule has 0 aliphatic rings. The lowest BCUT2D eigenvalue weighted by Crippen LogP contribution is -2.07. The lowest BCUT2D eigenvalue weighted by Gasteiger charge is -2.12. The summed E-state index contributed by atoms with van der Waals surface area (Å²) in [7, 11) is 0. The molecule has 0 aliphatic carbocycles. The molecule has 0 heterocycles. The molecule has 0 N–H and O–H groups in total. The fourth-order valence-corrected chi connectivity index (χ4v) is 4.33. The van der Waals surface area contributed by atoms with Crippen LogP contribution in [0.4, 0.5) is 0 Å². The molecule has 0 aromatic heterocycles. The van der Waals surface area contributed by atoms with Crippen LogP contribution in [0.3, 0.4) is 0 Å². The molecule has 2 aromatic carbocycles. The van der Waals surface area contributed by atoms with Gasteiger partial charge in [0, 0.05) is 6.42 Å². The summed E-state index contributed by atoms with van der Waals surface area (Å²) in [5.74, 6) is 1.89. The molecule has 35 heavy (non-hydrogen) atoms. The molecule has 0 fully saturated rings. The molecular weight excluding hydrogens is 456 g/mol. The Morgan fingerprint density at radius 1 is 0.829 bits per heavy atom. The van der Waals surface area contributed by atoms with E-state index in [-0.39, 0.29) is 5.97 Å². The number of ether oxygens (including phenoxy) is 2. The summed E-state index contributed by atoms with van der Waals surface area (Å²) in [6, 6.07) is 13.5. The molecule has 0 saturated carbocycles. The maximum absolute atomic E-state index is 12.2. The van der Waals surface area contributed by atoms with E-state index in [0.29, 0.717) is 23.8 Å². The van der Waals surface area contributed by atoms with E-state index < -0.39 is 0 Å². The van der Waals surface area contributed by atoms with Crippen molar-refractivity contribution in [1.29, 1.82) is 0 Å². The van der Waals surface area contributed by atoms with Crippen LogP contribution in [-0.4, -0.2) is 12.6 Å². The average molecular weight is 501 g/mol. The van der Waals surface area contributed by atoms with E-state index in [4.69, 9.17) is 21.1 Å². The summed E-state index contributed by atoms with van der Waals surface area (Å²) < 4.78 is 11.4. The smallest absolute Gasteiger partial charge is 0.311 e. The first-order valence-corrected chi connectivity index (χ1v) is 14.1. The van der Waals surface area contributed by atoms with E-state index in [0.717, 1.165) is 42.1 Å². The number of unbranched alkanes of at least 4 members (excludes halogenated alkanes) is 8. The molecule has 0 aliphatic heterocycles. The van der Waals surface area contributed by atoms with Crippen LogP contribution < -0.4 is 9.47 Å². The SMILES string of the molecule is CCCCCCCCCCCC(=O)Oc1ccc(-c2ccc(OCCC[C@@H](C)CC)c(Cl)c2)cc1. The first kappa shape index (κ1) is 29.2. The van der Waals surface area contributed by atoms with Crippen LogP contribution in [0.15, 0.2) is 42.5 Å². The molecule has 0 bridgehead atoms. The zero-order valence-corrected chi connectivity index (χ0v) is 22.9. The molecule has 2 aromatic rings. The third kappa shape index (κ3) is 12.0. The number of carbonyl (C=O) groups excluding carboxylic acids is 1. The van der Waals surface area contributed by atoms with Crippen molar-refractivity contribution < 1.29 is 14.3 Å². The molecular formula is C31H45ClO3.